The lowest BCUT2D eigenvalue weighted by Gasteiger charge is -2.16. The first-order chi connectivity index (χ1) is 10.2. The molecular formula is C16H16BrN3O. The first-order valence-electron chi connectivity index (χ1n) is 7.00. The Morgan fingerprint density at radius 2 is 2.00 bits per heavy atom. The standard InChI is InChI=1S/C16H16BrN3O/c17-13-5-3-4-12(10-13)16(21)19-14-6-7-15(18-11-14)20-8-1-2-9-20/h3-7,10-11H,1-2,8-9H2,(H,19,21). The molecular weight excluding hydrogens is 330 g/mol. The van der Waals surface area contributed by atoms with Gasteiger partial charge in [0.2, 0.25) is 0 Å². The van der Waals surface area contributed by atoms with Crippen LogP contribution in [0.1, 0.15) is 23.2 Å². The minimum Gasteiger partial charge on any atom is -0.357 e. The van der Waals surface area contributed by atoms with Crippen LogP contribution in [-0.2, 0) is 0 Å². The average Bonchev–Trinajstić information content (AvgIpc) is 3.02. The van der Waals surface area contributed by atoms with Crippen molar-refractivity contribution in [3.63, 3.8) is 0 Å². The molecule has 1 aromatic heterocycles. The molecule has 1 N–H and O–H groups in total. The number of anilines is 2. The van der Waals surface area contributed by atoms with E-state index in [0.29, 0.717) is 11.3 Å². The molecule has 21 heavy (non-hydrogen) atoms. The van der Waals surface area contributed by atoms with Crippen LogP contribution in [0, 0.1) is 0 Å². The van der Waals surface area contributed by atoms with Gasteiger partial charge in [0, 0.05) is 23.1 Å². The number of pyridine rings is 1. The lowest BCUT2D eigenvalue weighted by molar-refractivity contribution is 0.102. The van der Waals surface area contributed by atoms with Crippen molar-refractivity contribution in [1.82, 2.24) is 4.98 Å². The quantitative estimate of drug-likeness (QED) is 0.922. The number of nitrogens with one attached hydrogen (secondary N) is 1. The predicted molar refractivity (Wildman–Crippen MR) is 87.8 cm³/mol. The van der Waals surface area contributed by atoms with Crippen molar-refractivity contribution in [3.8, 4) is 0 Å². The molecule has 4 nitrogen and oxygen atoms in total. The fraction of sp³-hybridized carbons (Fsp3) is 0.250. The molecule has 1 aromatic carbocycles. The second-order valence-electron chi connectivity index (χ2n) is 5.06. The molecule has 1 aliphatic rings. The number of halogens is 1. The van der Waals surface area contributed by atoms with Gasteiger partial charge in [-0.3, -0.25) is 4.79 Å². The van der Waals surface area contributed by atoms with Gasteiger partial charge in [-0.05, 0) is 43.2 Å². The molecule has 1 saturated heterocycles. The molecule has 2 aromatic rings. The lowest BCUT2D eigenvalue weighted by atomic mass is 10.2. The van der Waals surface area contributed by atoms with Gasteiger partial charge in [-0.2, -0.15) is 0 Å². The molecule has 1 aliphatic heterocycles. The Kier molecular flexibility index (Phi) is 4.20. The highest BCUT2D eigenvalue weighted by Gasteiger charge is 2.13. The summed E-state index contributed by atoms with van der Waals surface area (Å²) in [7, 11) is 0. The van der Waals surface area contributed by atoms with Gasteiger partial charge in [-0.15, -0.1) is 0 Å². The zero-order valence-electron chi connectivity index (χ0n) is 11.6. The number of benzene rings is 1. The minimum atomic E-state index is -0.132. The highest BCUT2D eigenvalue weighted by Crippen LogP contribution is 2.19. The number of aromatic nitrogens is 1. The Bertz CT molecular complexity index is 636. The van der Waals surface area contributed by atoms with Gasteiger partial charge in [0.05, 0.1) is 11.9 Å². The fourth-order valence-corrected chi connectivity index (χ4v) is 2.83. The third-order valence-electron chi connectivity index (χ3n) is 3.52. The summed E-state index contributed by atoms with van der Waals surface area (Å²) in [4.78, 5) is 18.8. The number of carbonyl (C=O) groups is 1. The average molecular weight is 346 g/mol. The van der Waals surface area contributed by atoms with Gasteiger partial charge in [0.15, 0.2) is 0 Å². The van der Waals surface area contributed by atoms with Crippen molar-refractivity contribution in [2.45, 2.75) is 12.8 Å². The summed E-state index contributed by atoms with van der Waals surface area (Å²) < 4.78 is 0.887. The second kappa shape index (κ2) is 6.26. The monoisotopic (exact) mass is 345 g/mol. The smallest absolute Gasteiger partial charge is 0.255 e. The Morgan fingerprint density at radius 1 is 1.19 bits per heavy atom. The zero-order valence-corrected chi connectivity index (χ0v) is 13.1. The summed E-state index contributed by atoms with van der Waals surface area (Å²) in [5.41, 5.74) is 1.33. The Morgan fingerprint density at radius 3 is 2.67 bits per heavy atom. The molecule has 0 atom stereocenters. The minimum absolute atomic E-state index is 0.132. The first-order valence-corrected chi connectivity index (χ1v) is 7.79. The van der Waals surface area contributed by atoms with Gasteiger partial charge in [-0.25, -0.2) is 4.98 Å². The molecule has 1 fully saturated rings. The number of hydrogen-bond acceptors (Lipinski definition) is 3. The van der Waals surface area contributed by atoms with E-state index in [2.05, 4.69) is 31.1 Å². The fourth-order valence-electron chi connectivity index (χ4n) is 2.43. The zero-order chi connectivity index (χ0) is 14.7. The van der Waals surface area contributed by atoms with E-state index in [1.54, 1.807) is 18.3 Å². The van der Waals surface area contributed by atoms with Crippen LogP contribution in [-0.4, -0.2) is 24.0 Å². The first kappa shape index (κ1) is 14.1. The van der Waals surface area contributed by atoms with E-state index >= 15 is 0 Å². The molecule has 2 heterocycles. The summed E-state index contributed by atoms with van der Waals surface area (Å²) in [6.45, 7) is 2.13. The summed E-state index contributed by atoms with van der Waals surface area (Å²) in [6, 6.07) is 11.2. The molecule has 3 rings (SSSR count). The molecule has 0 spiro atoms. The van der Waals surface area contributed by atoms with Crippen LogP contribution < -0.4 is 10.2 Å². The third-order valence-corrected chi connectivity index (χ3v) is 4.02. The summed E-state index contributed by atoms with van der Waals surface area (Å²) in [5, 5.41) is 2.86. The van der Waals surface area contributed by atoms with E-state index in [4.69, 9.17) is 0 Å². The van der Waals surface area contributed by atoms with Crippen LogP contribution in [0.5, 0.6) is 0 Å². The van der Waals surface area contributed by atoms with E-state index in [1.807, 2.05) is 24.3 Å². The normalized spacial score (nSPS) is 14.2. The number of nitrogens with zero attached hydrogens (tertiary/aromatic N) is 2. The van der Waals surface area contributed by atoms with Gasteiger partial charge >= 0.3 is 0 Å². The van der Waals surface area contributed by atoms with Crippen LogP contribution in [0.3, 0.4) is 0 Å². The Balaban J connectivity index is 1.68. The van der Waals surface area contributed by atoms with Crippen molar-refractivity contribution in [3.05, 3.63) is 52.6 Å². The summed E-state index contributed by atoms with van der Waals surface area (Å²) in [5.74, 6) is 0.847. The van der Waals surface area contributed by atoms with Crippen LogP contribution >= 0.6 is 15.9 Å². The predicted octanol–water partition coefficient (Wildman–Crippen LogP) is 3.70. The summed E-state index contributed by atoms with van der Waals surface area (Å²) >= 11 is 3.37. The largest absolute Gasteiger partial charge is 0.357 e. The molecule has 0 radical (unpaired) electrons. The van der Waals surface area contributed by atoms with Crippen LogP contribution in [0.2, 0.25) is 0 Å². The second-order valence-corrected chi connectivity index (χ2v) is 5.98. The molecule has 0 bridgehead atoms. The highest BCUT2D eigenvalue weighted by atomic mass is 79.9. The van der Waals surface area contributed by atoms with Crippen molar-refractivity contribution in [1.29, 1.82) is 0 Å². The van der Waals surface area contributed by atoms with E-state index in [0.717, 1.165) is 23.4 Å². The van der Waals surface area contributed by atoms with Gasteiger partial charge in [0.1, 0.15) is 5.82 Å². The maximum absolute atomic E-state index is 12.1. The maximum atomic E-state index is 12.1. The van der Waals surface area contributed by atoms with Gasteiger partial charge in [-0.1, -0.05) is 22.0 Å². The van der Waals surface area contributed by atoms with E-state index in [-0.39, 0.29) is 5.91 Å². The molecule has 0 unspecified atom stereocenters. The SMILES string of the molecule is O=C(Nc1ccc(N2CCCC2)nc1)c1cccc(Br)c1. The van der Waals surface area contributed by atoms with E-state index in [1.165, 1.54) is 12.8 Å². The van der Waals surface area contributed by atoms with Crippen molar-refractivity contribution in [2.75, 3.05) is 23.3 Å². The van der Waals surface area contributed by atoms with Crippen LogP contribution in [0.15, 0.2) is 47.1 Å². The maximum Gasteiger partial charge on any atom is 0.255 e. The molecule has 0 aliphatic carbocycles. The third kappa shape index (κ3) is 3.42. The van der Waals surface area contributed by atoms with Crippen LogP contribution in [0.25, 0.3) is 0 Å². The number of amides is 1. The molecule has 1 amide bonds. The Labute approximate surface area is 132 Å². The highest BCUT2D eigenvalue weighted by molar-refractivity contribution is 9.10. The van der Waals surface area contributed by atoms with Crippen molar-refractivity contribution in [2.24, 2.45) is 0 Å². The summed E-state index contributed by atoms with van der Waals surface area (Å²) in [6.07, 6.45) is 4.16. The van der Waals surface area contributed by atoms with Gasteiger partial charge < -0.3 is 10.2 Å². The van der Waals surface area contributed by atoms with E-state index < -0.39 is 0 Å². The van der Waals surface area contributed by atoms with E-state index in [9.17, 15) is 4.79 Å². The van der Waals surface area contributed by atoms with Crippen molar-refractivity contribution < 1.29 is 4.79 Å². The number of hydrogen-bond donors (Lipinski definition) is 1. The number of carbonyl (C=O) groups excluding carboxylic acids is 1. The topological polar surface area (TPSA) is 45.2 Å². The lowest BCUT2D eigenvalue weighted by Crippen LogP contribution is -2.19. The Hall–Kier alpha value is -1.88. The van der Waals surface area contributed by atoms with Gasteiger partial charge in [0.25, 0.3) is 5.91 Å². The van der Waals surface area contributed by atoms with Crippen LogP contribution in [0.4, 0.5) is 11.5 Å². The molecule has 0 saturated carbocycles. The molecule has 5 heteroatoms. The molecule has 108 valence electrons. The van der Waals surface area contributed by atoms with Crippen molar-refractivity contribution >= 4 is 33.3 Å². The number of rotatable bonds is 3.